The molecule has 0 spiro atoms. The van der Waals surface area contributed by atoms with Crippen molar-refractivity contribution in [3.05, 3.63) is 59.4 Å². The first-order valence-electron chi connectivity index (χ1n) is 10.7. The molecule has 0 aliphatic heterocycles. The molecule has 0 bridgehead atoms. The third-order valence-corrected chi connectivity index (χ3v) is 6.43. The molecule has 2 aromatic carbocycles. The van der Waals surface area contributed by atoms with Crippen LogP contribution in [0.1, 0.15) is 64.4 Å². The van der Waals surface area contributed by atoms with Gasteiger partial charge in [-0.25, -0.2) is 13.2 Å². The fourth-order valence-electron chi connectivity index (χ4n) is 4.74. The van der Waals surface area contributed by atoms with Crippen molar-refractivity contribution in [1.82, 2.24) is 0 Å². The summed E-state index contributed by atoms with van der Waals surface area (Å²) in [5.74, 6) is 0.178. The molecular formula is C25H31F3. The SMILES string of the molecule is CCCCC1CCC(C(C)Cc2cc(F)c(-c3cccc(F)c3)c(F)c2)CC1. The Morgan fingerprint density at radius 2 is 1.64 bits per heavy atom. The minimum absolute atomic E-state index is 0.146. The minimum Gasteiger partial charge on any atom is -0.207 e. The quantitative estimate of drug-likeness (QED) is 0.451. The summed E-state index contributed by atoms with van der Waals surface area (Å²) in [5.41, 5.74) is 0.781. The van der Waals surface area contributed by atoms with Crippen molar-refractivity contribution >= 4 is 0 Å². The van der Waals surface area contributed by atoms with Gasteiger partial charge < -0.3 is 0 Å². The Morgan fingerprint density at radius 1 is 0.964 bits per heavy atom. The van der Waals surface area contributed by atoms with Gasteiger partial charge in [-0.2, -0.15) is 0 Å². The van der Waals surface area contributed by atoms with Gasteiger partial charge in [-0.1, -0.05) is 58.1 Å². The van der Waals surface area contributed by atoms with Crippen LogP contribution in [0.25, 0.3) is 11.1 Å². The Balaban J connectivity index is 1.65. The van der Waals surface area contributed by atoms with Crippen LogP contribution in [0.3, 0.4) is 0 Å². The number of unbranched alkanes of at least 4 members (excludes halogenated alkanes) is 1. The molecule has 3 heteroatoms. The zero-order valence-corrected chi connectivity index (χ0v) is 17.0. The van der Waals surface area contributed by atoms with Crippen molar-refractivity contribution < 1.29 is 13.2 Å². The summed E-state index contributed by atoms with van der Waals surface area (Å²) in [4.78, 5) is 0. The molecule has 152 valence electrons. The van der Waals surface area contributed by atoms with E-state index in [0.717, 1.165) is 5.92 Å². The van der Waals surface area contributed by atoms with E-state index < -0.39 is 17.5 Å². The molecule has 2 aromatic rings. The van der Waals surface area contributed by atoms with Crippen molar-refractivity contribution in [3.8, 4) is 11.1 Å². The molecule has 0 radical (unpaired) electrons. The fraction of sp³-hybridized carbons (Fsp3) is 0.520. The van der Waals surface area contributed by atoms with Crippen molar-refractivity contribution in [2.45, 2.75) is 65.2 Å². The smallest absolute Gasteiger partial charge is 0.134 e. The maximum Gasteiger partial charge on any atom is 0.134 e. The zero-order chi connectivity index (χ0) is 20.1. The molecule has 3 rings (SSSR count). The summed E-state index contributed by atoms with van der Waals surface area (Å²) >= 11 is 0. The maximum absolute atomic E-state index is 14.6. The van der Waals surface area contributed by atoms with Crippen molar-refractivity contribution in [2.24, 2.45) is 17.8 Å². The Morgan fingerprint density at radius 3 is 2.25 bits per heavy atom. The highest BCUT2D eigenvalue weighted by Gasteiger charge is 2.25. The third-order valence-electron chi connectivity index (χ3n) is 6.43. The zero-order valence-electron chi connectivity index (χ0n) is 17.0. The first-order valence-corrected chi connectivity index (χ1v) is 10.7. The Bertz CT molecular complexity index is 752. The fourth-order valence-corrected chi connectivity index (χ4v) is 4.74. The van der Waals surface area contributed by atoms with Gasteiger partial charge in [-0.15, -0.1) is 0 Å². The molecule has 1 fully saturated rings. The molecule has 1 saturated carbocycles. The van der Waals surface area contributed by atoms with Crippen LogP contribution in [0, 0.1) is 35.2 Å². The summed E-state index contributed by atoms with van der Waals surface area (Å²) in [6, 6.07) is 8.28. The normalized spacial score (nSPS) is 20.9. The van der Waals surface area contributed by atoms with E-state index in [0.29, 0.717) is 23.8 Å². The molecule has 0 N–H and O–H groups in total. The second kappa shape index (κ2) is 9.62. The number of halogens is 3. The predicted octanol–water partition coefficient (Wildman–Crippen LogP) is 7.95. The van der Waals surface area contributed by atoms with Crippen LogP contribution >= 0.6 is 0 Å². The molecule has 1 atom stereocenters. The standard InChI is InChI=1S/C25H31F3/c1-3-4-6-18-9-11-20(12-10-18)17(2)13-19-14-23(27)25(24(28)15-19)21-7-5-8-22(26)16-21/h5,7-8,14-18,20H,3-4,6,9-13H2,1-2H3. The summed E-state index contributed by atoms with van der Waals surface area (Å²) in [5, 5.41) is 0. The number of hydrogen-bond acceptors (Lipinski definition) is 0. The van der Waals surface area contributed by atoms with Gasteiger partial charge in [-0.3, -0.25) is 0 Å². The van der Waals surface area contributed by atoms with Crippen molar-refractivity contribution in [3.63, 3.8) is 0 Å². The molecule has 0 saturated heterocycles. The van der Waals surface area contributed by atoms with E-state index in [9.17, 15) is 13.2 Å². The Labute approximate surface area is 167 Å². The molecule has 1 unspecified atom stereocenters. The lowest BCUT2D eigenvalue weighted by Gasteiger charge is -2.32. The summed E-state index contributed by atoms with van der Waals surface area (Å²) in [6.07, 6.45) is 9.63. The molecule has 0 nitrogen and oxygen atoms in total. The van der Waals surface area contributed by atoms with Gasteiger partial charge in [0.05, 0.1) is 5.56 Å². The van der Waals surface area contributed by atoms with Gasteiger partial charge in [-0.05, 0) is 72.4 Å². The lowest BCUT2D eigenvalue weighted by Crippen LogP contribution is -2.21. The number of rotatable bonds is 7. The highest BCUT2D eigenvalue weighted by atomic mass is 19.1. The number of hydrogen-bond donors (Lipinski definition) is 0. The van der Waals surface area contributed by atoms with E-state index in [2.05, 4.69) is 13.8 Å². The van der Waals surface area contributed by atoms with E-state index in [1.807, 2.05) is 0 Å². The monoisotopic (exact) mass is 388 g/mol. The van der Waals surface area contributed by atoms with E-state index in [1.54, 1.807) is 0 Å². The Kier molecular flexibility index (Phi) is 7.20. The second-order valence-electron chi connectivity index (χ2n) is 8.55. The average Bonchev–Trinajstić information content (AvgIpc) is 2.66. The van der Waals surface area contributed by atoms with Crippen LogP contribution in [0.15, 0.2) is 36.4 Å². The van der Waals surface area contributed by atoms with Crippen LogP contribution in [-0.4, -0.2) is 0 Å². The van der Waals surface area contributed by atoms with Gasteiger partial charge in [0.15, 0.2) is 0 Å². The third kappa shape index (κ3) is 5.18. The van der Waals surface area contributed by atoms with Gasteiger partial charge in [0.2, 0.25) is 0 Å². The van der Waals surface area contributed by atoms with Crippen LogP contribution in [0.5, 0.6) is 0 Å². The molecule has 0 amide bonds. The average molecular weight is 389 g/mol. The van der Waals surface area contributed by atoms with Crippen LogP contribution in [0.4, 0.5) is 13.2 Å². The van der Waals surface area contributed by atoms with E-state index >= 15 is 0 Å². The number of benzene rings is 2. The summed E-state index contributed by atoms with van der Waals surface area (Å²) in [7, 11) is 0. The molecule has 1 aliphatic rings. The van der Waals surface area contributed by atoms with Gasteiger partial charge in [0.1, 0.15) is 17.5 Å². The molecule has 1 aliphatic carbocycles. The van der Waals surface area contributed by atoms with Crippen LogP contribution in [-0.2, 0) is 6.42 Å². The highest BCUT2D eigenvalue weighted by molar-refractivity contribution is 5.65. The van der Waals surface area contributed by atoms with Crippen molar-refractivity contribution in [2.75, 3.05) is 0 Å². The topological polar surface area (TPSA) is 0 Å². The van der Waals surface area contributed by atoms with Gasteiger partial charge in [0, 0.05) is 0 Å². The minimum atomic E-state index is -0.615. The van der Waals surface area contributed by atoms with Gasteiger partial charge >= 0.3 is 0 Å². The Hall–Kier alpha value is -1.77. The highest BCUT2D eigenvalue weighted by Crippen LogP contribution is 2.37. The lowest BCUT2D eigenvalue weighted by atomic mass is 9.73. The lowest BCUT2D eigenvalue weighted by molar-refractivity contribution is 0.204. The summed E-state index contributed by atoms with van der Waals surface area (Å²) in [6.45, 7) is 4.44. The predicted molar refractivity (Wildman–Crippen MR) is 110 cm³/mol. The first kappa shape index (κ1) is 21.0. The van der Waals surface area contributed by atoms with Crippen LogP contribution < -0.4 is 0 Å². The van der Waals surface area contributed by atoms with E-state index in [-0.39, 0.29) is 11.1 Å². The van der Waals surface area contributed by atoms with E-state index in [1.165, 1.54) is 81.3 Å². The molecule has 0 aromatic heterocycles. The molecular weight excluding hydrogens is 357 g/mol. The largest absolute Gasteiger partial charge is 0.207 e. The maximum atomic E-state index is 14.6. The van der Waals surface area contributed by atoms with E-state index in [4.69, 9.17) is 0 Å². The second-order valence-corrected chi connectivity index (χ2v) is 8.55. The molecule has 0 heterocycles. The molecule has 28 heavy (non-hydrogen) atoms. The van der Waals surface area contributed by atoms with Gasteiger partial charge in [0.25, 0.3) is 0 Å². The first-order chi connectivity index (χ1) is 13.5. The van der Waals surface area contributed by atoms with Crippen molar-refractivity contribution in [1.29, 1.82) is 0 Å². The van der Waals surface area contributed by atoms with Crippen LogP contribution in [0.2, 0.25) is 0 Å². The summed E-state index contributed by atoms with van der Waals surface area (Å²) < 4.78 is 42.7.